The molecule has 0 aliphatic heterocycles. The minimum atomic E-state index is 1.10. The minimum absolute atomic E-state index is 1.10. The largest absolute Gasteiger partial charge is 0.0885 e. The first-order valence-corrected chi connectivity index (χ1v) is 6.36. The molecule has 82 valence electrons. The van der Waals surface area contributed by atoms with Crippen LogP contribution in [0.4, 0.5) is 0 Å². The monoisotopic (exact) mass is 195 g/mol. The number of hydrogen-bond donors (Lipinski definition) is 0. The third-order valence-electron chi connectivity index (χ3n) is 2.51. The van der Waals surface area contributed by atoms with Crippen molar-refractivity contribution in [3.8, 4) is 0 Å². The van der Waals surface area contributed by atoms with Gasteiger partial charge in [0.25, 0.3) is 0 Å². The lowest BCUT2D eigenvalue weighted by molar-refractivity contribution is 0.670. The molecule has 0 fully saturated rings. The number of unbranched alkanes of at least 4 members (excludes halogenated alkanes) is 8. The van der Waals surface area contributed by atoms with Crippen LogP contribution in [0.25, 0.3) is 0 Å². The van der Waals surface area contributed by atoms with Crippen LogP contribution < -0.4 is 0 Å². The number of allylic oxidation sites excluding steroid dienone is 2. The van der Waals surface area contributed by atoms with Crippen LogP contribution in [-0.2, 0) is 0 Å². The SMILES string of the molecule is [CH2+]CCCCC/C=C/CCCCCC. The van der Waals surface area contributed by atoms with Crippen molar-refractivity contribution in [1.29, 1.82) is 0 Å². The van der Waals surface area contributed by atoms with E-state index in [1.807, 2.05) is 0 Å². The molecule has 0 aromatic rings. The van der Waals surface area contributed by atoms with E-state index in [1.54, 1.807) is 0 Å². The summed E-state index contributed by atoms with van der Waals surface area (Å²) in [7, 11) is 0. The predicted molar refractivity (Wildman–Crippen MR) is 66.3 cm³/mol. The Labute approximate surface area is 90.8 Å². The van der Waals surface area contributed by atoms with E-state index in [-0.39, 0.29) is 0 Å². The first-order chi connectivity index (χ1) is 6.91. The molecule has 0 aliphatic carbocycles. The molecule has 0 aromatic heterocycles. The lowest BCUT2D eigenvalue weighted by Gasteiger charge is -1.95. The number of hydrogen-bond acceptors (Lipinski definition) is 0. The molecule has 0 spiro atoms. The normalized spacial score (nSPS) is 11.2. The van der Waals surface area contributed by atoms with Crippen molar-refractivity contribution >= 4 is 0 Å². The Morgan fingerprint density at radius 1 is 0.786 bits per heavy atom. The van der Waals surface area contributed by atoms with Crippen molar-refractivity contribution in [2.45, 2.75) is 71.1 Å². The van der Waals surface area contributed by atoms with Crippen molar-refractivity contribution < 1.29 is 0 Å². The highest BCUT2D eigenvalue weighted by Crippen LogP contribution is 2.05. The van der Waals surface area contributed by atoms with E-state index in [9.17, 15) is 0 Å². The molecule has 0 bridgehead atoms. The van der Waals surface area contributed by atoms with E-state index in [1.165, 1.54) is 57.8 Å². The topological polar surface area (TPSA) is 0 Å². The average Bonchev–Trinajstić information content (AvgIpc) is 2.21. The lowest BCUT2D eigenvalue weighted by atomic mass is 10.1. The molecule has 0 amide bonds. The zero-order valence-corrected chi connectivity index (χ0v) is 9.93. The Morgan fingerprint density at radius 3 is 1.86 bits per heavy atom. The van der Waals surface area contributed by atoms with Gasteiger partial charge in [-0.2, -0.15) is 0 Å². The summed E-state index contributed by atoms with van der Waals surface area (Å²) in [5.41, 5.74) is 0. The molecule has 0 radical (unpaired) electrons. The summed E-state index contributed by atoms with van der Waals surface area (Å²) in [6.45, 7) is 6.11. The van der Waals surface area contributed by atoms with Gasteiger partial charge in [0.05, 0.1) is 13.3 Å². The highest BCUT2D eigenvalue weighted by molar-refractivity contribution is 4.81. The third kappa shape index (κ3) is 11.6. The van der Waals surface area contributed by atoms with Crippen molar-refractivity contribution in [2.24, 2.45) is 0 Å². The standard InChI is InChI=1S/C14H27/c1-3-5-7-9-11-13-14-12-10-8-6-4-2/h13-14H,1,3-12H2,2H3/q+1/b14-13+. The molecule has 0 heteroatoms. The molecule has 0 unspecified atom stereocenters. The van der Waals surface area contributed by atoms with Gasteiger partial charge in [-0.05, 0) is 38.5 Å². The third-order valence-corrected chi connectivity index (χ3v) is 2.51. The summed E-state index contributed by atoms with van der Waals surface area (Å²) < 4.78 is 0. The van der Waals surface area contributed by atoms with Gasteiger partial charge in [-0.15, -0.1) is 0 Å². The minimum Gasteiger partial charge on any atom is -0.0885 e. The van der Waals surface area contributed by atoms with Crippen molar-refractivity contribution in [2.75, 3.05) is 0 Å². The Hall–Kier alpha value is -0.390. The van der Waals surface area contributed by atoms with Gasteiger partial charge in [0.2, 0.25) is 0 Å². The van der Waals surface area contributed by atoms with Crippen LogP contribution in [0, 0.1) is 6.92 Å². The number of rotatable bonds is 10. The zero-order valence-electron chi connectivity index (χ0n) is 9.93. The van der Waals surface area contributed by atoms with Gasteiger partial charge in [-0.25, -0.2) is 0 Å². The van der Waals surface area contributed by atoms with Crippen LogP contribution in [0.5, 0.6) is 0 Å². The molecule has 0 nitrogen and oxygen atoms in total. The Bertz CT molecular complexity index is 99.2. The van der Waals surface area contributed by atoms with Crippen LogP contribution in [-0.4, -0.2) is 0 Å². The molecule has 0 rings (SSSR count). The van der Waals surface area contributed by atoms with Gasteiger partial charge in [0.1, 0.15) is 0 Å². The average molecular weight is 195 g/mol. The molecule has 0 aromatic carbocycles. The van der Waals surface area contributed by atoms with Crippen molar-refractivity contribution in [3.63, 3.8) is 0 Å². The van der Waals surface area contributed by atoms with Crippen molar-refractivity contribution in [1.82, 2.24) is 0 Å². The van der Waals surface area contributed by atoms with E-state index < -0.39 is 0 Å². The van der Waals surface area contributed by atoms with Gasteiger partial charge >= 0.3 is 0 Å². The molecule has 0 saturated carbocycles. The van der Waals surface area contributed by atoms with E-state index in [0.29, 0.717) is 0 Å². The van der Waals surface area contributed by atoms with Gasteiger partial charge in [-0.3, -0.25) is 0 Å². The molecule has 0 atom stereocenters. The highest BCUT2D eigenvalue weighted by Gasteiger charge is 1.87. The predicted octanol–water partition coefficient (Wildman–Crippen LogP) is 5.30. The molecular formula is C14H27+. The molecule has 0 saturated heterocycles. The second-order valence-electron chi connectivity index (χ2n) is 4.02. The maximum atomic E-state index is 3.84. The Morgan fingerprint density at radius 2 is 1.36 bits per heavy atom. The Balaban J connectivity index is 2.96. The van der Waals surface area contributed by atoms with Crippen LogP contribution in [0.15, 0.2) is 12.2 Å². The maximum Gasteiger partial charge on any atom is 0.0850 e. The summed E-state index contributed by atoms with van der Waals surface area (Å²) in [5, 5.41) is 0. The van der Waals surface area contributed by atoms with E-state index in [2.05, 4.69) is 26.0 Å². The van der Waals surface area contributed by atoms with Crippen molar-refractivity contribution in [3.05, 3.63) is 19.1 Å². The summed E-state index contributed by atoms with van der Waals surface area (Å²) in [6.07, 6.45) is 17.9. The quantitative estimate of drug-likeness (QED) is 0.252. The summed E-state index contributed by atoms with van der Waals surface area (Å²) in [6, 6.07) is 0. The fraction of sp³-hybridized carbons (Fsp3) is 0.786. The second kappa shape index (κ2) is 12.6. The van der Waals surface area contributed by atoms with Gasteiger partial charge in [-0.1, -0.05) is 38.3 Å². The summed E-state index contributed by atoms with van der Waals surface area (Å²) in [5.74, 6) is 0. The molecule has 0 aliphatic rings. The van der Waals surface area contributed by atoms with Crippen LogP contribution >= 0.6 is 0 Å². The van der Waals surface area contributed by atoms with Gasteiger partial charge in [0, 0.05) is 0 Å². The van der Waals surface area contributed by atoms with Gasteiger partial charge < -0.3 is 0 Å². The van der Waals surface area contributed by atoms with E-state index >= 15 is 0 Å². The first kappa shape index (κ1) is 13.6. The zero-order chi connectivity index (χ0) is 10.5. The van der Waals surface area contributed by atoms with Crippen LogP contribution in [0.3, 0.4) is 0 Å². The van der Waals surface area contributed by atoms with Gasteiger partial charge in [0.15, 0.2) is 0 Å². The maximum absolute atomic E-state index is 3.84. The molecule has 0 N–H and O–H groups in total. The summed E-state index contributed by atoms with van der Waals surface area (Å²) in [4.78, 5) is 0. The highest BCUT2D eigenvalue weighted by atomic mass is 13.9. The van der Waals surface area contributed by atoms with E-state index in [4.69, 9.17) is 0 Å². The van der Waals surface area contributed by atoms with Crippen LogP contribution in [0.2, 0.25) is 0 Å². The second-order valence-corrected chi connectivity index (χ2v) is 4.02. The Kier molecular flexibility index (Phi) is 12.3. The molecular weight excluding hydrogens is 168 g/mol. The first-order valence-electron chi connectivity index (χ1n) is 6.36. The molecule has 14 heavy (non-hydrogen) atoms. The van der Waals surface area contributed by atoms with E-state index in [0.717, 1.165) is 6.42 Å². The molecule has 0 heterocycles. The lowest BCUT2D eigenvalue weighted by Crippen LogP contribution is -1.75. The van der Waals surface area contributed by atoms with Crippen LogP contribution in [0.1, 0.15) is 71.1 Å². The fourth-order valence-corrected chi connectivity index (χ4v) is 1.54. The smallest absolute Gasteiger partial charge is 0.0850 e. The fourth-order valence-electron chi connectivity index (χ4n) is 1.54. The summed E-state index contributed by atoms with van der Waals surface area (Å²) >= 11 is 0.